The summed E-state index contributed by atoms with van der Waals surface area (Å²) in [6, 6.07) is 6.15. The third kappa shape index (κ3) is 5.11. The lowest BCUT2D eigenvalue weighted by molar-refractivity contribution is 0.230. The van der Waals surface area contributed by atoms with Gasteiger partial charge in [-0.05, 0) is 30.2 Å². The molecule has 108 valence electrons. The SMILES string of the molecule is CCNCc1ccc(OCC(CC)CC)c(OC)c1. The zero-order valence-electron chi connectivity index (χ0n) is 12.7. The molecule has 0 saturated carbocycles. The molecule has 0 bridgehead atoms. The van der Waals surface area contributed by atoms with Gasteiger partial charge in [0.2, 0.25) is 0 Å². The van der Waals surface area contributed by atoms with Gasteiger partial charge in [0.1, 0.15) is 0 Å². The summed E-state index contributed by atoms with van der Waals surface area (Å²) in [6.45, 7) is 9.09. The Balaban J connectivity index is 2.67. The van der Waals surface area contributed by atoms with Crippen LogP contribution < -0.4 is 14.8 Å². The van der Waals surface area contributed by atoms with Gasteiger partial charge in [-0.1, -0.05) is 39.7 Å². The third-order valence-corrected chi connectivity index (χ3v) is 3.44. The highest BCUT2D eigenvalue weighted by atomic mass is 16.5. The third-order valence-electron chi connectivity index (χ3n) is 3.44. The van der Waals surface area contributed by atoms with Gasteiger partial charge < -0.3 is 14.8 Å². The molecule has 3 nitrogen and oxygen atoms in total. The molecule has 0 amide bonds. The average Bonchev–Trinajstić information content (AvgIpc) is 2.46. The summed E-state index contributed by atoms with van der Waals surface area (Å²) in [5.41, 5.74) is 1.22. The molecule has 0 aliphatic heterocycles. The van der Waals surface area contributed by atoms with E-state index in [1.165, 1.54) is 5.56 Å². The van der Waals surface area contributed by atoms with E-state index in [9.17, 15) is 0 Å². The summed E-state index contributed by atoms with van der Waals surface area (Å²) < 4.78 is 11.3. The Morgan fingerprint density at radius 2 is 1.84 bits per heavy atom. The second kappa shape index (κ2) is 8.81. The minimum atomic E-state index is 0.617. The van der Waals surface area contributed by atoms with Crippen LogP contribution in [0, 0.1) is 5.92 Å². The largest absolute Gasteiger partial charge is 0.493 e. The number of hydrogen-bond acceptors (Lipinski definition) is 3. The van der Waals surface area contributed by atoms with Crippen molar-refractivity contribution in [3.05, 3.63) is 23.8 Å². The van der Waals surface area contributed by atoms with Gasteiger partial charge in [-0.25, -0.2) is 0 Å². The van der Waals surface area contributed by atoms with Crippen LogP contribution in [0.1, 0.15) is 39.2 Å². The van der Waals surface area contributed by atoms with E-state index in [2.05, 4.69) is 32.2 Å². The van der Waals surface area contributed by atoms with Crippen molar-refractivity contribution in [2.24, 2.45) is 5.92 Å². The van der Waals surface area contributed by atoms with Gasteiger partial charge in [0, 0.05) is 6.54 Å². The average molecular weight is 265 g/mol. The van der Waals surface area contributed by atoms with Gasteiger partial charge in [-0.2, -0.15) is 0 Å². The molecule has 0 radical (unpaired) electrons. The number of ether oxygens (including phenoxy) is 2. The zero-order valence-corrected chi connectivity index (χ0v) is 12.7. The molecule has 0 atom stereocenters. The molecular weight excluding hydrogens is 238 g/mol. The van der Waals surface area contributed by atoms with E-state index >= 15 is 0 Å². The maximum atomic E-state index is 5.89. The van der Waals surface area contributed by atoms with Crippen LogP contribution in [-0.4, -0.2) is 20.3 Å². The van der Waals surface area contributed by atoms with Gasteiger partial charge in [-0.3, -0.25) is 0 Å². The number of rotatable bonds is 9. The van der Waals surface area contributed by atoms with Crippen molar-refractivity contribution in [1.29, 1.82) is 0 Å². The maximum absolute atomic E-state index is 5.89. The van der Waals surface area contributed by atoms with Crippen molar-refractivity contribution in [1.82, 2.24) is 5.32 Å². The number of hydrogen-bond donors (Lipinski definition) is 1. The second-order valence-corrected chi connectivity index (χ2v) is 4.76. The van der Waals surface area contributed by atoms with Crippen LogP contribution in [0.2, 0.25) is 0 Å². The van der Waals surface area contributed by atoms with E-state index in [1.54, 1.807) is 7.11 Å². The number of nitrogens with one attached hydrogen (secondary N) is 1. The molecule has 1 aromatic rings. The summed E-state index contributed by atoms with van der Waals surface area (Å²) in [6.07, 6.45) is 2.30. The lowest BCUT2D eigenvalue weighted by Gasteiger charge is -2.16. The smallest absolute Gasteiger partial charge is 0.161 e. The van der Waals surface area contributed by atoms with Crippen molar-refractivity contribution < 1.29 is 9.47 Å². The van der Waals surface area contributed by atoms with E-state index in [4.69, 9.17) is 9.47 Å². The first-order chi connectivity index (χ1) is 9.24. The fourth-order valence-corrected chi connectivity index (χ4v) is 1.94. The van der Waals surface area contributed by atoms with Crippen molar-refractivity contribution in [3.8, 4) is 11.5 Å². The summed E-state index contributed by atoms with van der Waals surface area (Å²) in [5.74, 6) is 2.28. The monoisotopic (exact) mass is 265 g/mol. The van der Waals surface area contributed by atoms with Crippen molar-refractivity contribution in [2.45, 2.75) is 40.2 Å². The van der Waals surface area contributed by atoms with Crippen molar-refractivity contribution >= 4 is 0 Å². The molecule has 0 aromatic heterocycles. The number of benzene rings is 1. The van der Waals surface area contributed by atoms with E-state index < -0.39 is 0 Å². The van der Waals surface area contributed by atoms with E-state index in [-0.39, 0.29) is 0 Å². The minimum absolute atomic E-state index is 0.617. The molecule has 19 heavy (non-hydrogen) atoms. The summed E-state index contributed by atoms with van der Waals surface area (Å²) in [4.78, 5) is 0. The van der Waals surface area contributed by atoms with Crippen LogP contribution in [0.25, 0.3) is 0 Å². The van der Waals surface area contributed by atoms with Gasteiger partial charge in [0.15, 0.2) is 11.5 Å². The van der Waals surface area contributed by atoms with Crippen LogP contribution in [0.4, 0.5) is 0 Å². The molecule has 0 saturated heterocycles. The predicted octanol–water partition coefficient (Wildman–Crippen LogP) is 3.62. The highest BCUT2D eigenvalue weighted by Crippen LogP contribution is 2.28. The normalized spacial score (nSPS) is 10.8. The second-order valence-electron chi connectivity index (χ2n) is 4.76. The lowest BCUT2D eigenvalue weighted by Crippen LogP contribution is -2.12. The maximum Gasteiger partial charge on any atom is 0.161 e. The lowest BCUT2D eigenvalue weighted by atomic mass is 10.1. The molecule has 3 heteroatoms. The first kappa shape index (κ1) is 15.8. The highest BCUT2D eigenvalue weighted by molar-refractivity contribution is 5.42. The molecule has 1 N–H and O–H groups in total. The standard InChI is InChI=1S/C16H27NO2/c1-5-13(6-2)12-19-15-9-8-14(11-17-7-3)10-16(15)18-4/h8-10,13,17H,5-7,11-12H2,1-4H3. The Hall–Kier alpha value is -1.22. The highest BCUT2D eigenvalue weighted by Gasteiger charge is 2.09. The Bertz CT molecular complexity index is 362. The summed E-state index contributed by atoms with van der Waals surface area (Å²) in [5, 5.41) is 3.31. The zero-order chi connectivity index (χ0) is 14.1. The molecule has 0 aliphatic carbocycles. The molecule has 0 spiro atoms. The minimum Gasteiger partial charge on any atom is -0.493 e. The molecule has 0 unspecified atom stereocenters. The summed E-state index contributed by atoms with van der Waals surface area (Å²) >= 11 is 0. The van der Waals surface area contributed by atoms with Crippen LogP contribution in [-0.2, 0) is 6.54 Å². The molecule has 0 fully saturated rings. The van der Waals surface area contributed by atoms with Crippen LogP contribution >= 0.6 is 0 Å². The first-order valence-electron chi connectivity index (χ1n) is 7.25. The van der Waals surface area contributed by atoms with Gasteiger partial charge in [0.05, 0.1) is 13.7 Å². The Kier molecular flexibility index (Phi) is 7.34. The Labute approximate surface area is 117 Å². The Morgan fingerprint density at radius 3 is 2.42 bits per heavy atom. The molecule has 0 aliphatic rings. The van der Waals surface area contributed by atoms with Crippen LogP contribution in [0.15, 0.2) is 18.2 Å². The molecular formula is C16H27NO2. The topological polar surface area (TPSA) is 30.5 Å². The molecule has 1 rings (SSSR count). The quantitative estimate of drug-likeness (QED) is 0.739. The van der Waals surface area contributed by atoms with Gasteiger partial charge >= 0.3 is 0 Å². The van der Waals surface area contributed by atoms with Crippen molar-refractivity contribution in [3.63, 3.8) is 0 Å². The van der Waals surface area contributed by atoms with Gasteiger partial charge in [0.25, 0.3) is 0 Å². The van der Waals surface area contributed by atoms with Crippen LogP contribution in [0.5, 0.6) is 11.5 Å². The van der Waals surface area contributed by atoms with E-state index in [0.29, 0.717) is 5.92 Å². The Morgan fingerprint density at radius 1 is 1.11 bits per heavy atom. The van der Waals surface area contributed by atoms with Gasteiger partial charge in [-0.15, -0.1) is 0 Å². The van der Waals surface area contributed by atoms with Crippen molar-refractivity contribution in [2.75, 3.05) is 20.3 Å². The fraction of sp³-hybridized carbons (Fsp3) is 0.625. The van der Waals surface area contributed by atoms with E-state index in [1.807, 2.05) is 12.1 Å². The van der Waals surface area contributed by atoms with Crippen LogP contribution in [0.3, 0.4) is 0 Å². The fourth-order valence-electron chi connectivity index (χ4n) is 1.94. The predicted molar refractivity (Wildman–Crippen MR) is 79.9 cm³/mol. The number of methoxy groups -OCH3 is 1. The summed E-state index contributed by atoms with van der Waals surface area (Å²) in [7, 11) is 1.69. The first-order valence-corrected chi connectivity index (χ1v) is 7.25. The molecule has 1 aromatic carbocycles. The van der Waals surface area contributed by atoms with E-state index in [0.717, 1.165) is 44.0 Å². The molecule has 0 heterocycles.